The Bertz CT molecular complexity index is 513. The maximum atomic E-state index is 13.2. The molecule has 0 spiro atoms. The molecule has 0 aliphatic heterocycles. The Morgan fingerprint density at radius 2 is 1.70 bits per heavy atom. The number of hydrogen-bond acceptors (Lipinski definition) is 3. The molecule has 0 aromatic heterocycles. The second-order valence-electron chi connectivity index (χ2n) is 3.90. The molecule has 1 aromatic rings. The van der Waals surface area contributed by atoms with Gasteiger partial charge in [0.15, 0.2) is 17.7 Å². The monoisotopic (exact) mass is 292 g/mol. The van der Waals surface area contributed by atoms with Gasteiger partial charge in [0.05, 0.1) is 6.10 Å². The fraction of sp³-hybridized carbons (Fsp3) is 0.273. The molecule has 1 rings (SSSR count). The topological polar surface area (TPSA) is 98.7 Å². The van der Waals surface area contributed by atoms with E-state index in [9.17, 15) is 22.8 Å². The lowest BCUT2D eigenvalue weighted by atomic mass is 10.2. The summed E-state index contributed by atoms with van der Waals surface area (Å²) < 4.78 is 39.1. The molecule has 9 heteroatoms. The van der Waals surface area contributed by atoms with Crippen molar-refractivity contribution in [1.29, 1.82) is 0 Å². The van der Waals surface area contributed by atoms with E-state index in [0.29, 0.717) is 12.1 Å². The molecule has 4 N–H and O–H groups in total. The van der Waals surface area contributed by atoms with Crippen LogP contribution in [0, 0.1) is 17.5 Å². The Hall–Kier alpha value is -2.29. The van der Waals surface area contributed by atoms with E-state index in [1.165, 1.54) is 0 Å². The first-order valence-electron chi connectivity index (χ1n) is 5.35. The molecule has 0 saturated carbocycles. The molecule has 0 aliphatic carbocycles. The number of anilines is 1. The van der Waals surface area contributed by atoms with Crippen molar-refractivity contribution in [1.82, 2.24) is 5.32 Å². The molecule has 2 atom stereocenters. The molecule has 110 valence electrons. The highest BCUT2D eigenvalue weighted by Gasteiger charge is 2.25. The highest BCUT2D eigenvalue weighted by molar-refractivity contribution is 5.92. The molecule has 2 amide bonds. The number of halogens is 3. The van der Waals surface area contributed by atoms with Crippen LogP contribution in [0.25, 0.3) is 0 Å². The number of aliphatic carboxylic acids is 1. The summed E-state index contributed by atoms with van der Waals surface area (Å²) in [6, 6.07) is -2.23. The van der Waals surface area contributed by atoms with Gasteiger partial charge in [-0.25, -0.2) is 22.8 Å². The highest BCUT2D eigenvalue weighted by Crippen LogP contribution is 2.19. The summed E-state index contributed by atoms with van der Waals surface area (Å²) in [6.07, 6.45) is -1.43. The molecular weight excluding hydrogens is 281 g/mol. The van der Waals surface area contributed by atoms with E-state index < -0.39 is 47.3 Å². The van der Waals surface area contributed by atoms with Crippen LogP contribution in [0.15, 0.2) is 12.1 Å². The first-order valence-corrected chi connectivity index (χ1v) is 5.35. The zero-order valence-electron chi connectivity index (χ0n) is 10.2. The number of nitrogens with one attached hydrogen (secondary N) is 2. The molecule has 0 heterocycles. The van der Waals surface area contributed by atoms with Gasteiger partial charge in [0.25, 0.3) is 0 Å². The molecule has 0 bridgehead atoms. The highest BCUT2D eigenvalue weighted by atomic mass is 19.1. The summed E-state index contributed by atoms with van der Waals surface area (Å²) in [4.78, 5) is 22.1. The summed E-state index contributed by atoms with van der Waals surface area (Å²) >= 11 is 0. The Morgan fingerprint density at radius 3 is 2.10 bits per heavy atom. The quantitative estimate of drug-likeness (QED) is 0.667. The van der Waals surface area contributed by atoms with E-state index in [0.717, 1.165) is 6.92 Å². The molecule has 0 aliphatic rings. The van der Waals surface area contributed by atoms with E-state index in [2.05, 4.69) is 0 Å². The largest absolute Gasteiger partial charge is 0.480 e. The average Bonchev–Trinajstić information content (AvgIpc) is 2.29. The lowest BCUT2D eigenvalue weighted by Crippen LogP contribution is -2.49. The third kappa shape index (κ3) is 3.85. The number of benzene rings is 1. The Balaban J connectivity index is 2.84. The molecular formula is C11H11F3N2O4. The molecule has 0 unspecified atom stereocenters. The first-order chi connectivity index (χ1) is 9.22. The number of aliphatic hydroxyl groups excluding tert-OH is 1. The SMILES string of the molecule is C[C@@H](O)[C@H](NC(=O)Nc1c(F)cc(F)cc1F)C(=O)O. The van der Waals surface area contributed by atoms with Crippen LogP contribution in [0.1, 0.15) is 6.92 Å². The number of carbonyl (C=O) groups excluding carboxylic acids is 1. The third-order valence-corrected chi connectivity index (χ3v) is 2.28. The van der Waals surface area contributed by atoms with Crippen molar-refractivity contribution < 1.29 is 33.0 Å². The standard InChI is InChI=1S/C11H11F3N2O4/c1-4(17)8(10(18)19)15-11(20)16-9-6(13)2-5(12)3-7(9)14/h2-4,8,17H,1H3,(H,18,19)(H2,15,16,20)/t4-,8+/m1/s1. The van der Waals surface area contributed by atoms with Gasteiger partial charge >= 0.3 is 12.0 Å². The van der Waals surface area contributed by atoms with Crippen LogP contribution in [0.4, 0.5) is 23.7 Å². The van der Waals surface area contributed by atoms with Gasteiger partial charge in [-0.1, -0.05) is 0 Å². The van der Waals surface area contributed by atoms with Crippen LogP contribution >= 0.6 is 0 Å². The summed E-state index contributed by atoms with van der Waals surface area (Å²) in [6.45, 7) is 1.11. The number of carbonyl (C=O) groups is 2. The van der Waals surface area contributed by atoms with Crippen LogP contribution < -0.4 is 10.6 Å². The second-order valence-corrected chi connectivity index (χ2v) is 3.90. The van der Waals surface area contributed by atoms with Crippen molar-refractivity contribution in [2.45, 2.75) is 19.1 Å². The third-order valence-electron chi connectivity index (χ3n) is 2.28. The van der Waals surface area contributed by atoms with Gasteiger partial charge in [-0.2, -0.15) is 0 Å². The van der Waals surface area contributed by atoms with Crippen LogP contribution in [0.5, 0.6) is 0 Å². The molecule has 0 fully saturated rings. The normalized spacial score (nSPS) is 13.4. The van der Waals surface area contributed by atoms with Crippen molar-refractivity contribution >= 4 is 17.7 Å². The molecule has 20 heavy (non-hydrogen) atoms. The van der Waals surface area contributed by atoms with Crippen molar-refractivity contribution in [3.8, 4) is 0 Å². The summed E-state index contributed by atoms with van der Waals surface area (Å²) in [5.41, 5.74) is -0.932. The minimum atomic E-state index is -1.67. The van der Waals surface area contributed by atoms with E-state index in [-0.39, 0.29) is 0 Å². The predicted molar refractivity (Wildman–Crippen MR) is 61.6 cm³/mol. The van der Waals surface area contributed by atoms with Gasteiger partial charge in [0.2, 0.25) is 0 Å². The maximum Gasteiger partial charge on any atom is 0.328 e. The zero-order chi connectivity index (χ0) is 15.4. The molecule has 0 saturated heterocycles. The summed E-state index contributed by atoms with van der Waals surface area (Å²) in [5.74, 6) is -5.42. The van der Waals surface area contributed by atoms with Gasteiger partial charge in [0.1, 0.15) is 11.5 Å². The number of aliphatic hydroxyl groups is 1. The number of carboxylic acid groups (broad SMARTS) is 1. The maximum absolute atomic E-state index is 13.2. The van der Waals surface area contributed by atoms with Gasteiger partial charge in [-0.05, 0) is 6.92 Å². The molecule has 1 aromatic carbocycles. The van der Waals surface area contributed by atoms with Gasteiger partial charge < -0.3 is 20.8 Å². The lowest BCUT2D eigenvalue weighted by molar-refractivity contribution is -0.141. The zero-order valence-corrected chi connectivity index (χ0v) is 10.2. The van der Waals surface area contributed by atoms with Crippen molar-refractivity contribution in [3.05, 3.63) is 29.6 Å². The molecule has 6 nitrogen and oxygen atoms in total. The minimum absolute atomic E-state index is 0.349. The predicted octanol–water partition coefficient (Wildman–Crippen LogP) is 1.06. The number of hydrogen-bond donors (Lipinski definition) is 4. The van der Waals surface area contributed by atoms with Crippen molar-refractivity contribution in [3.63, 3.8) is 0 Å². The number of amides is 2. The van der Waals surface area contributed by atoms with Crippen LogP contribution in [0.2, 0.25) is 0 Å². The lowest BCUT2D eigenvalue weighted by Gasteiger charge is -2.17. The second kappa shape index (κ2) is 6.24. The Labute approximate surface area is 111 Å². The summed E-state index contributed by atoms with van der Waals surface area (Å²) in [5, 5.41) is 21.3. The minimum Gasteiger partial charge on any atom is -0.480 e. The Morgan fingerprint density at radius 1 is 1.20 bits per heavy atom. The Kier molecular flexibility index (Phi) is 4.92. The van der Waals surface area contributed by atoms with E-state index >= 15 is 0 Å². The van der Waals surface area contributed by atoms with Crippen LogP contribution in [0.3, 0.4) is 0 Å². The first kappa shape index (κ1) is 15.8. The van der Waals surface area contributed by atoms with Crippen LogP contribution in [-0.2, 0) is 4.79 Å². The van der Waals surface area contributed by atoms with E-state index in [1.807, 2.05) is 0 Å². The van der Waals surface area contributed by atoms with Gasteiger partial charge in [-0.3, -0.25) is 0 Å². The smallest absolute Gasteiger partial charge is 0.328 e. The van der Waals surface area contributed by atoms with Crippen LogP contribution in [-0.4, -0.2) is 34.4 Å². The van der Waals surface area contributed by atoms with E-state index in [1.54, 1.807) is 10.6 Å². The van der Waals surface area contributed by atoms with Crippen molar-refractivity contribution in [2.24, 2.45) is 0 Å². The summed E-state index contributed by atoms with van der Waals surface area (Å²) in [7, 11) is 0. The van der Waals surface area contributed by atoms with Crippen molar-refractivity contribution in [2.75, 3.05) is 5.32 Å². The molecule has 0 radical (unpaired) electrons. The average molecular weight is 292 g/mol. The van der Waals surface area contributed by atoms with Gasteiger partial charge in [-0.15, -0.1) is 0 Å². The van der Waals surface area contributed by atoms with E-state index in [4.69, 9.17) is 10.2 Å². The number of rotatable bonds is 4. The number of urea groups is 1. The van der Waals surface area contributed by atoms with Gasteiger partial charge in [0, 0.05) is 12.1 Å². The number of carboxylic acids is 1. The fourth-order valence-corrected chi connectivity index (χ4v) is 1.34. The fourth-order valence-electron chi connectivity index (χ4n) is 1.34.